The summed E-state index contributed by atoms with van der Waals surface area (Å²) in [6.45, 7) is 3.83. The molecular weight excluding hydrogens is 388 g/mol. The number of ether oxygens (including phenoxy) is 1. The molecule has 1 aliphatic rings. The number of nitrogens with zero attached hydrogens (tertiary/aromatic N) is 1. The SMILES string of the molecule is CCCNC(=O)C1CCN(C(=O)COc2ccc(-c3ccccc3)cc2Cl)CC1. The van der Waals surface area contributed by atoms with Crippen LogP contribution in [-0.2, 0) is 9.59 Å². The number of rotatable bonds is 7. The number of halogens is 1. The topological polar surface area (TPSA) is 58.6 Å². The minimum Gasteiger partial charge on any atom is -0.482 e. The van der Waals surface area contributed by atoms with Crippen molar-refractivity contribution in [1.29, 1.82) is 0 Å². The van der Waals surface area contributed by atoms with E-state index in [9.17, 15) is 9.59 Å². The standard InChI is InChI=1S/C23H27ClN2O3/c1-2-12-25-23(28)18-10-13-26(14-11-18)22(27)16-29-21-9-8-19(15-20(21)24)17-6-4-3-5-7-17/h3-9,15,18H,2,10-14,16H2,1H3,(H,25,28). The number of hydrogen-bond donors (Lipinski definition) is 1. The number of likely N-dealkylation sites (tertiary alicyclic amines) is 1. The molecule has 2 aromatic carbocycles. The first-order chi connectivity index (χ1) is 14.1. The van der Waals surface area contributed by atoms with E-state index in [0.29, 0.717) is 43.2 Å². The number of carbonyl (C=O) groups is 2. The minimum atomic E-state index is -0.0828. The van der Waals surface area contributed by atoms with Gasteiger partial charge in [-0.3, -0.25) is 9.59 Å². The number of hydrogen-bond acceptors (Lipinski definition) is 3. The van der Waals surface area contributed by atoms with Crippen molar-refractivity contribution < 1.29 is 14.3 Å². The van der Waals surface area contributed by atoms with Crippen LogP contribution in [0.15, 0.2) is 48.5 Å². The molecule has 1 heterocycles. The van der Waals surface area contributed by atoms with Crippen molar-refractivity contribution >= 4 is 23.4 Å². The highest BCUT2D eigenvalue weighted by Crippen LogP contribution is 2.30. The fourth-order valence-electron chi connectivity index (χ4n) is 3.44. The molecule has 5 nitrogen and oxygen atoms in total. The molecule has 2 aromatic rings. The van der Waals surface area contributed by atoms with Gasteiger partial charge in [0, 0.05) is 25.6 Å². The fourth-order valence-corrected chi connectivity index (χ4v) is 3.68. The Bertz CT molecular complexity index is 833. The predicted octanol–water partition coefficient (Wildman–Crippen LogP) is 4.15. The summed E-state index contributed by atoms with van der Waals surface area (Å²) in [5.74, 6) is 0.501. The Kier molecular flexibility index (Phi) is 7.53. The molecule has 0 spiro atoms. The van der Waals surface area contributed by atoms with E-state index >= 15 is 0 Å². The third kappa shape index (κ3) is 5.73. The van der Waals surface area contributed by atoms with Crippen LogP contribution < -0.4 is 10.1 Å². The second-order valence-corrected chi connectivity index (χ2v) is 7.65. The van der Waals surface area contributed by atoms with E-state index in [4.69, 9.17) is 16.3 Å². The Labute approximate surface area is 177 Å². The van der Waals surface area contributed by atoms with E-state index in [1.807, 2.05) is 49.4 Å². The molecule has 154 valence electrons. The van der Waals surface area contributed by atoms with Crippen molar-refractivity contribution in [2.24, 2.45) is 5.92 Å². The molecular formula is C23H27ClN2O3. The first-order valence-electron chi connectivity index (χ1n) is 10.1. The summed E-state index contributed by atoms with van der Waals surface area (Å²) in [4.78, 5) is 26.3. The molecule has 3 rings (SSSR count). The van der Waals surface area contributed by atoms with Crippen LogP contribution in [0.1, 0.15) is 26.2 Å². The van der Waals surface area contributed by atoms with E-state index in [2.05, 4.69) is 5.32 Å². The summed E-state index contributed by atoms with van der Waals surface area (Å²) < 4.78 is 5.67. The average molecular weight is 415 g/mol. The van der Waals surface area contributed by atoms with Crippen molar-refractivity contribution in [3.05, 3.63) is 53.6 Å². The maximum Gasteiger partial charge on any atom is 0.260 e. The van der Waals surface area contributed by atoms with Crippen molar-refractivity contribution in [3.63, 3.8) is 0 Å². The Morgan fingerprint density at radius 2 is 1.83 bits per heavy atom. The van der Waals surface area contributed by atoms with Gasteiger partial charge in [0.05, 0.1) is 5.02 Å². The molecule has 0 bridgehead atoms. The van der Waals surface area contributed by atoms with Gasteiger partial charge in [-0.25, -0.2) is 0 Å². The van der Waals surface area contributed by atoms with Gasteiger partial charge >= 0.3 is 0 Å². The van der Waals surface area contributed by atoms with Crippen LogP contribution in [-0.4, -0.2) is 43.0 Å². The molecule has 0 aromatic heterocycles. The molecule has 0 radical (unpaired) electrons. The number of amides is 2. The summed E-state index contributed by atoms with van der Waals surface area (Å²) in [7, 11) is 0. The first kappa shape index (κ1) is 21.2. The van der Waals surface area contributed by atoms with E-state index in [1.165, 1.54) is 0 Å². The lowest BCUT2D eigenvalue weighted by molar-refractivity contribution is -0.137. The van der Waals surface area contributed by atoms with Gasteiger partial charge in [0.25, 0.3) is 5.91 Å². The number of nitrogens with one attached hydrogen (secondary N) is 1. The Hall–Kier alpha value is -2.53. The smallest absolute Gasteiger partial charge is 0.260 e. The largest absolute Gasteiger partial charge is 0.482 e. The van der Waals surface area contributed by atoms with Gasteiger partial charge in [-0.2, -0.15) is 0 Å². The third-order valence-electron chi connectivity index (χ3n) is 5.16. The van der Waals surface area contributed by atoms with Crippen LogP contribution in [0, 0.1) is 5.92 Å². The maximum absolute atomic E-state index is 12.5. The summed E-state index contributed by atoms with van der Waals surface area (Å²) in [5.41, 5.74) is 2.07. The molecule has 1 saturated heterocycles. The Balaban J connectivity index is 1.49. The lowest BCUT2D eigenvalue weighted by Crippen LogP contribution is -2.44. The summed E-state index contributed by atoms with van der Waals surface area (Å²) in [6, 6.07) is 15.5. The number of benzene rings is 2. The summed E-state index contributed by atoms with van der Waals surface area (Å²) in [6.07, 6.45) is 2.30. The van der Waals surface area contributed by atoms with Crippen LogP contribution in [0.4, 0.5) is 0 Å². The Morgan fingerprint density at radius 3 is 2.48 bits per heavy atom. The van der Waals surface area contributed by atoms with E-state index in [0.717, 1.165) is 17.5 Å². The molecule has 0 saturated carbocycles. The lowest BCUT2D eigenvalue weighted by atomic mass is 9.96. The zero-order chi connectivity index (χ0) is 20.6. The van der Waals surface area contributed by atoms with E-state index in [1.54, 1.807) is 11.0 Å². The van der Waals surface area contributed by atoms with Crippen molar-refractivity contribution in [3.8, 4) is 16.9 Å². The summed E-state index contributed by atoms with van der Waals surface area (Å²) >= 11 is 6.35. The van der Waals surface area contributed by atoms with E-state index < -0.39 is 0 Å². The highest BCUT2D eigenvalue weighted by atomic mass is 35.5. The molecule has 29 heavy (non-hydrogen) atoms. The van der Waals surface area contributed by atoms with Crippen molar-refractivity contribution in [1.82, 2.24) is 10.2 Å². The highest BCUT2D eigenvalue weighted by molar-refractivity contribution is 6.32. The zero-order valence-corrected chi connectivity index (χ0v) is 17.5. The molecule has 1 N–H and O–H groups in total. The van der Waals surface area contributed by atoms with Gasteiger partial charge in [0.2, 0.25) is 5.91 Å². The molecule has 1 fully saturated rings. The van der Waals surface area contributed by atoms with E-state index in [-0.39, 0.29) is 24.3 Å². The maximum atomic E-state index is 12.5. The Morgan fingerprint density at radius 1 is 1.10 bits per heavy atom. The molecule has 6 heteroatoms. The van der Waals surface area contributed by atoms with Crippen LogP contribution in [0.5, 0.6) is 5.75 Å². The van der Waals surface area contributed by atoms with Gasteiger partial charge in [-0.05, 0) is 42.5 Å². The fraction of sp³-hybridized carbons (Fsp3) is 0.391. The first-order valence-corrected chi connectivity index (χ1v) is 10.5. The minimum absolute atomic E-state index is 0.00788. The monoisotopic (exact) mass is 414 g/mol. The van der Waals surface area contributed by atoms with Gasteiger partial charge < -0.3 is 15.0 Å². The van der Waals surface area contributed by atoms with Crippen LogP contribution in [0.3, 0.4) is 0 Å². The molecule has 2 amide bonds. The van der Waals surface area contributed by atoms with Crippen LogP contribution in [0.2, 0.25) is 5.02 Å². The third-order valence-corrected chi connectivity index (χ3v) is 5.45. The van der Waals surface area contributed by atoms with Gasteiger partial charge in [-0.1, -0.05) is 54.9 Å². The molecule has 1 aliphatic heterocycles. The zero-order valence-electron chi connectivity index (χ0n) is 16.7. The molecule has 0 aliphatic carbocycles. The number of piperidine rings is 1. The summed E-state index contributed by atoms with van der Waals surface area (Å²) in [5, 5.41) is 3.41. The second kappa shape index (κ2) is 10.3. The normalized spacial score (nSPS) is 14.5. The van der Waals surface area contributed by atoms with Crippen LogP contribution in [0.25, 0.3) is 11.1 Å². The van der Waals surface area contributed by atoms with Gasteiger partial charge in [0.15, 0.2) is 6.61 Å². The van der Waals surface area contributed by atoms with Crippen LogP contribution >= 0.6 is 11.6 Å². The lowest BCUT2D eigenvalue weighted by Gasteiger charge is -2.31. The van der Waals surface area contributed by atoms with Gasteiger partial charge in [0.1, 0.15) is 5.75 Å². The molecule has 0 atom stereocenters. The van der Waals surface area contributed by atoms with Gasteiger partial charge in [-0.15, -0.1) is 0 Å². The predicted molar refractivity (Wildman–Crippen MR) is 115 cm³/mol. The quantitative estimate of drug-likeness (QED) is 0.740. The number of carbonyl (C=O) groups excluding carboxylic acids is 2. The highest BCUT2D eigenvalue weighted by Gasteiger charge is 2.27. The average Bonchev–Trinajstić information content (AvgIpc) is 2.77. The molecule has 0 unspecified atom stereocenters. The van der Waals surface area contributed by atoms with Crippen molar-refractivity contribution in [2.45, 2.75) is 26.2 Å². The van der Waals surface area contributed by atoms with Crippen molar-refractivity contribution in [2.75, 3.05) is 26.2 Å². The second-order valence-electron chi connectivity index (χ2n) is 7.25.